The summed E-state index contributed by atoms with van der Waals surface area (Å²) < 4.78 is 5.32. The predicted octanol–water partition coefficient (Wildman–Crippen LogP) is 4.23. The Morgan fingerprint density at radius 3 is 2.45 bits per heavy atom. The molecule has 0 N–H and O–H groups in total. The van der Waals surface area contributed by atoms with Crippen LogP contribution < -0.4 is 0 Å². The van der Waals surface area contributed by atoms with E-state index in [1.165, 1.54) is 0 Å². The third kappa shape index (κ3) is 3.78. The van der Waals surface area contributed by atoms with Crippen molar-refractivity contribution in [3.05, 3.63) is 57.6 Å². The number of halogens is 1. The third-order valence-electron chi connectivity index (χ3n) is 7.02. The van der Waals surface area contributed by atoms with E-state index in [1.807, 2.05) is 18.2 Å². The fourth-order valence-corrected chi connectivity index (χ4v) is 5.27. The van der Waals surface area contributed by atoms with Crippen molar-refractivity contribution in [2.45, 2.75) is 44.4 Å². The van der Waals surface area contributed by atoms with Gasteiger partial charge in [-0.25, -0.2) is 0 Å². The van der Waals surface area contributed by atoms with Crippen LogP contribution in [0.3, 0.4) is 0 Å². The fraction of sp³-hybridized carbons (Fsp3) is 0.440. The molecule has 2 aliphatic carbocycles. The van der Waals surface area contributed by atoms with Crippen molar-refractivity contribution >= 4 is 34.3 Å². The Balaban J connectivity index is 1.15. The first-order valence-corrected chi connectivity index (χ1v) is 12.1. The molecule has 0 radical (unpaired) electrons. The molecule has 1 saturated carbocycles. The molecule has 2 aromatic heterocycles. The maximum Gasteiger partial charge on any atom is 0.276 e. The second-order valence-corrected chi connectivity index (χ2v) is 9.64. The molecule has 1 aliphatic heterocycles. The molecule has 3 aromatic rings. The highest BCUT2D eigenvalue weighted by Gasteiger charge is 2.31. The average molecular weight is 465 g/mol. The second-order valence-electron chi connectivity index (χ2n) is 9.26. The zero-order chi connectivity index (χ0) is 22.5. The van der Waals surface area contributed by atoms with Crippen LogP contribution in [0.1, 0.15) is 69.5 Å². The number of nitrogens with zero attached hydrogens (tertiary/aromatic N) is 4. The second kappa shape index (κ2) is 8.13. The van der Waals surface area contributed by atoms with Crippen molar-refractivity contribution in [2.24, 2.45) is 0 Å². The number of amides is 2. The first kappa shape index (κ1) is 20.7. The Bertz CT molecular complexity index is 1260. The number of hydrogen-bond acceptors (Lipinski definition) is 5. The molecule has 0 unspecified atom stereocenters. The highest BCUT2D eigenvalue weighted by molar-refractivity contribution is 6.36. The number of hydrogen-bond donors (Lipinski definition) is 0. The largest absolute Gasteiger partial charge is 0.360 e. The van der Waals surface area contributed by atoms with E-state index >= 15 is 0 Å². The first-order valence-electron chi connectivity index (χ1n) is 11.7. The van der Waals surface area contributed by atoms with Gasteiger partial charge in [0.25, 0.3) is 11.8 Å². The van der Waals surface area contributed by atoms with Crippen LogP contribution in [0.2, 0.25) is 5.02 Å². The molecule has 3 aliphatic rings. The van der Waals surface area contributed by atoms with E-state index in [4.69, 9.17) is 21.1 Å². The number of rotatable bonds is 3. The number of pyridine rings is 1. The van der Waals surface area contributed by atoms with Gasteiger partial charge < -0.3 is 14.3 Å². The van der Waals surface area contributed by atoms with E-state index in [0.29, 0.717) is 43.4 Å². The van der Waals surface area contributed by atoms with Gasteiger partial charge in [-0.15, -0.1) is 0 Å². The Kier molecular flexibility index (Phi) is 5.09. The van der Waals surface area contributed by atoms with Gasteiger partial charge in [-0.05, 0) is 56.2 Å². The number of piperazine rings is 1. The lowest BCUT2D eigenvalue weighted by atomic mass is 9.94. The summed E-state index contributed by atoms with van der Waals surface area (Å²) in [6.07, 6.45) is 6.37. The monoisotopic (exact) mass is 464 g/mol. The van der Waals surface area contributed by atoms with Crippen molar-refractivity contribution in [3.8, 4) is 0 Å². The molecule has 3 heterocycles. The van der Waals surface area contributed by atoms with Gasteiger partial charge >= 0.3 is 0 Å². The molecule has 1 saturated heterocycles. The summed E-state index contributed by atoms with van der Waals surface area (Å²) in [6, 6.07) is 7.36. The molecule has 2 amide bonds. The standard InChI is InChI=1S/C25H25ClN4O3/c26-23-17-3-1-2-4-19(17)27-20-13-16(7-8-18(20)23)24(31)29-9-11-30(12-10-29)25(32)21-14-22(33-28-21)15-5-6-15/h7-8,13-15H,1-6,9-12H2. The van der Waals surface area contributed by atoms with Crippen molar-refractivity contribution in [1.29, 1.82) is 0 Å². The minimum absolute atomic E-state index is 0.0444. The number of fused-ring (bicyclic) bond motifs is 2. The lowest BCUT2D eigenvalue weighted by Crippen LogP contribution is -2.50. The normalized spacial score (nSPS) is 18.5. The number of aromatic nitrogens is 2. The van der Waals surface area contributed by atoms with Crippen LogP contribution in [0.15, 0.2) is 28.8 Å². The molecule has 2 fully saturated rings. The minimum atomic E-state index is -0.132. The Morgan fingerprint density at radius 1 is 0.970 bits per heavy atom. The summed E-state index contributed by atoms with van der Waals surface area (Å²) in [5, 5.41) is 5.64. The number of benzene rings is 1. The van der Waals surface area contributed by atoms with Crippen LogP contribution in [0.5, 0.6) is 0 Å². The van der Waals surface area contributed by atoms with Crippen LogP contribution in [-0.4, -0.2) is 57.9 Å². The van der Waals surface area contributed by atoms with E-state index in [2.05, 4.69) is 5.16 Å². The van der Waals surface area contributed by atoms with Crippen LogP contribution in [0.25, 0.3) is 10.9 Å². The van der Waals surface area contributed by atoms with E-state index in [0.717, 1.165) is 71.5 Å². The maximum atomic E-state index is 13.2. The lowest BCUT2D eigenvalue weighted by Gasteiger charge is -2.34. The van der Waals surface area contributed by atoms with Gasteiger partial charge in [0.05, 0.1) is 10.5 Å². The molecular formula is C25H25ClN4O3. The molecule has 0 bridgehead atoms. The summed E-state index contributed by atoms with van der Waals surface area (Å²) in [5.74, 6) is 1.05. The minimum Gasteiger partial charge on any atom is -0.360 e. The highest BCUT2D eigenvalue weighted by Crippen LogP contribution is 2.40. The molecule has 8 heteroatoms. The van der Waals surface area contributed by atoms with Crippen LogP contribution in [0.4, 0.5) is 0 Å². The Labute approximate surface area is 196 Å². The topological polar surface area (TPSA) is 79.5 Å². The molecule has 1 aromatic carbocycles. The van der Waals surface area contributed by atoms with Crippen molar-refractivity contribution < 1.29 is 14.1 Å². The zero-order valence-corrected chi connectivity index (χ0v) is 19.1. The van der Waals surface area contributed by atoms with Gasteiger partial charge in [0.2, 0.25) is 0 Å². The van der Waals surface area contributed by atoms with E-state index in [-0.39, 0.29) is 11.8 Å². The summed E-state index contributed by atoms with van der Waals surface area (Å²) in [7, 11) is 0. The summed E-state index contributed by atoms with van der Waals surface area (Å²) in [6.45, 7) is 1.91. The van der Waals surface area contributed by atoms with Crippen LogP contribution >= 0.6 is 11.6 Å². The van der Waals surface area contributed by atoms with Crippen molar-refractivity contribution in [3.63, 3.8) is 0 Å². The van der Waals surface area contributed by atoms with E-state index < -0.39 is 0 Å². The third-order valence-corrected chi connectivity index (χ3v) is 7.45. The smallest absolute Gasteiger partial charge is 0.276 e. The predicted molar refractivity (Wildman–Crippen MR) is 124 cm³/mol. The van der Waals surface area contributed by atoms with Crippen LogP contribution in [-0.2, 0) is 12.8 Å². The molecule has 6 rings (SSSR count). The maximum absolute atomic E-state index is 13.2. The van der Waals surface area contributed by atoms with Crippen molar-refractivity contribution in [2.75, 3.05) is 26.2 Å². The van der Waals surface area contributed by atoms with Crippen LogP contribution in [0, 0.1) is 0 Å². The molecular weight excluding hydrogens is 440 g/mol. The average Bonchev–Trinajstić information content (AvgIpc) is 3.59. The molecule has 0 spiro atoms. The summed E-state index contributed by atoms with van der Waals surface area (Å²) in [5.41, 5.74) is 3.96. The number of aryl methyl sites for hydroxylation is 1. The van der Waals surface area contributed by atoms with Gasteiger partial charge in [-0.3, -0.25) is 14.6 Å². The molecule has 170 valence electrons. The molecule has 33 heavy (non-hydrogen) atoms. The SMILES string of the molecule is O=C(c1ccc2c(Cl)c3c(nc2c1)CCCC3)N1CCN(C(=O)c2cc(C3CC3)on2)CC1. The van der Waals surface area contributed by atoms with E-state index in [9.17, 15) is 9.59 Å². The van der Waals surface area contributed by atoms with Gasteiger partial charge in [-0.1, -0.05) is 22.8 Å². The Morgan fingerprint density at radius 2 is 1.70 bits per heavy atom. The van der Waals surface area contributed by atoms with Gasteiger partial charge in [0.15, 0.2) is 5.69 Å². The lowest BCUT2D eigenvalue weighted by molar-refractivity contribution is 0.0530. The van der Waals surface area contributed by atoms with Gasteiger partial charge in [0.1, 0.15) is 5.76 Å². The molecule has 7 nitrogen and oxygen atoms in total. The molecule has 0 atom stereocenters. The number of carbonyl (C=O) groups is 2. The number of carbonyl (C=O) groups excluding carboxylic acids is 2. The fourth-order valence-electron chi connectivity index (χ4n) is 4.91. The Hall–Kier alpha value is -2.93. The van der Waals surface area contributed by atoms with Crippen molar-refractivity contribution in [1.82, 2.24) is 19.9 Å². The first-order chi connectivity index (χ1) is 16.1. The van der Waals surface area contributed by atoms with Gasteiger partial charge in [-0.2, -0.15) is 0 Å². The quantitative estimate of drug-likeness (QED) is 0.579. The summed E-state index contributed by atoms with van der Waals surface area (Å²) >= 11 is 6.67. The van der Waals surface area contributed by atoms with Gasteiger partial charge in [0, 0.05) is 54.8 Å². The zero-order valence-electron chi connectivity index (χ0n) is 18.3. The highest BCUT2D eigenvalue weighted by atomic mass is 35.5. The summed E-state index contributed by atoms with van der Waals surface area (Å²) in [4.78, 5) is 34.3. The van der Waals surface area contributed by atoms with E-state index in [1.54, 1.807) is 15.9 Å².